The van der Waals surface area contributed by atoms with Gasteiger partial charge in [-0.1, -0.05) is 0 Å². The highest BCUT2D eigenvalue weighted by molar-refractivity contribution is 5.31. The Labute approximate surface area is 84.0 Å². The van der Waals surface area contributed by atoms with Crippen molar-refractivity contribution in [3.63, 3.8) is 0 Å². The molecule has 1 aromatic heterocycles. The summed E-state index contributed by atoms with van der Waals surface area (Å²) in [6, 6.07) is 6.67. The van der Waals surface area contributed by atoms with Crippen LogP contribution in [0, 0.1) is 5.82 Å². The van der Waals surface area contributed by atoms with Crippen molar-refractivity contribution < 1.29 is 13.2 Å². The van der Waals surface area contributed by atoms with E-state index in [-0.39, 0.29) is 11.5 Å². The van der Waals surface area contributed by atoms with E-state index < -0.39 is 6.43 Å². The summed E-state index contributed by atoms with van der Waals surface area (Å²) < 4.78 is 38.3. The Bertz CT molecular complexity index is 448. The van der Waals surface area contributed by atoms with Crippen molar-refractivity contribution in [2.24, 2.45) is 0 Å². The third-order valence-corrected chi connectivity index (χ3v) is 1.92. The molecule has 5 heteroatoms. The summed E-state index contributed by atoms with van der Waals surface area (Å²) in [5, 5.41) is 3.65. The topological polar surface area (TPSA) is 17.8 Å². The molecule has 0 fully saturated rings. The summed E-state index contributed by atoms with van der Waals surface area (Å²) in [6.45, 7) is 0. The predicted octanol–water partition coefficient (Wildman–Crippen LogP) is 2.95. The van der Waals surface area contributed by atoms with Gasteiger partial charge in [0.2, 0.25) is 0 Å². The smallest absolute Gasteiger partial charge is 0.241 e. The number of benzene rings is 1. The van der Waals surface area contributed by atoms with E-state index in [2.05, 4.69) is 5.10 Å². The third kappa shape index (κ3) is 2.01. The van der Waals surface area contributed by atoms with Crippen LogP contribution in [0.3, 0.4) is 0 Å². The van der Waals surface area contributed by atoms with Crippen molar-refractivity contribution in [2.45, 2.75) is 6.43 Å². The van der Waals surface area contributed by atoms with E-state index in [0.717, 1.165) is 0 Å². The molecule has 0 aliphatic heterocycles. The van der Waals surface area contributed by atoms with Crippen molar-refractivity contribution in [2.75, 3.05) is 0 Å². The molecule has 0 spiro atoms. The largest absolute Gasteiger partial charge is 0.282 e. The lowest BCUT2D eigenvalue weighted by atomic mass is 10.3. The van der Waals surface area contributed by atoms with E-state index in [1.807, 2.05) is 0 Å². The van der Waals surface area contributed by atoms with Gasteiger partial charge in [-0.3, -0.25) is 0 Å². The van der Waals surface area contributed by atoms with Crippen molar-refractivity contribution in [3.05, 3.63) is 48.0 Å². The van der Waals surface area contributed by atoms with Crippen LogP contribution in [0.15, 0.2) is 36.5 Å². The highest BCUT2D eigenvalue weighted by Crippen LogP contribution is 2.17. The molecule has 0 amide bonds. The number of aromatic nitrogens is 2. The lowest BCUT2D eigenvalue weighted by Crippen LogP contribution is -1.96. The standard InChI is InChI=1S/C10H7F3N2/c11-7-1-3-8(4-2-7)15-6-5-9(14-15)10(12)13/h1-6,10H. The van der Waals surface area contributed by atoms with E-state index >= 15 is 0 Å². The molecule has 1 aromatic carbocycles. The Hall–Kier alpha value is -1.78. The second-order valence-electron chi connectivity index (χ2n) is 2.96. The monoisotopic (exact) mass is 212 g/mol. The second kappa shape index (κ2) is 3.76. The zero-order valence-electron chi connectivity index (χ0n) is 7.57. The molecule has 2 nitrogen and oxygen atoms in total. The van der Waals surface area contributed by atoms with Gasteiger partial charge in [0.25, 0.3) is 6.43 Å². The maximum absolute atomic E-state index is 12.6. The number of hydrogen-bond donors (Lipinski definition) is 0. The van der Waals surface area contributed by atoms with Gasteiger partial charge in [0.05, 0.1) is 5.69 Å². The van der Waals surface area contributed by atoms with Crippen LogP contribution in [0.4, 0.5) is 13.2 Å². The van der Waals surface area contributed by atoms with Gasteiger partial charge in [-0.2, -0.15) is 5.10 Å². The van der Waals surface area contributed by atoms with Crippen molar-refractivity contribution in [1.82, 2.24) is 9.78 Å². The molecule has 0 aliphatic rings. The molecule has 78 valence electrons. The van der Waals surface area contributed by atoms with E-state index in [1.165, 1.54) is 41.2 Å². The first kappa shape index (κ1) is 9.76. The first-order valence-corrected chi connectivity index (χ1v) is 4.26. The van der Waals surface area contributed by atoms with Crippen molar-refractivity contribution in [1.29, 1.82) is 0 Å². The Kier molecular flexibility index (Phi) is 2.45. The average Bonchev–Trinajstić information content (AvgIpc) is 2.68. The lowest BCUT2D eigenvalue weighted by Gasteiger charge is -2.00. The molecule has 15 heavy (non-hydrogen) atoms. The normalized spacial score (nSPS) is 10.9. The van der Waals surface area contributed by atoms with Gasteiger partial charge < -0.3 is 0 Å². The summed E-state index contributed by atoms with van der Waals surface area (Å²) in [4.78, 5) is 0. The molecule has 0 atom stereocenters. The summed E-state index contributed by atoms with van der Waals surface area (Å²) in [5.74, 6) is -0.375. The summed E-state index contributed by atoms with van der Waals surface area (Å²) in [6.07, 6.45) is -1.18. The van der Waals surface area contributed by atoms with E-state index in [1.54, 1.807) is 0 Å². The molecule has 1 heterocycles. The van der Waals surface area contributed by atoms with Gasteiger partial charge >= 0.3 is 0 Å². The minimum absolute atomic E-state index is 0.292. The van der Waals surface area contributed by atoms with Crippen LogP contribution in [-0.4, -0.2) is 9.78 Å². The van der Waals surface area contributed by atoms with Gasteiger partial charge in [-0.25, -0.2) is 17.9 Å². The Balaban J connectivity index is 2.33. The fourth-order valence-electron chi connectivity index (χ4n) is 1.19. The number of alkyl halides is 2. The van der Waals surface area contributed by atoms with Crippen molar-refractivity contribution in [3.8, 4) is 5.69 Å². The minimum atomic E-state index is -2.59. The summed E-state index contributed by atoms with van der Waals surface area (Å²) >= 11 is 0. The molecule has 0 bridgehead atoms. The first-order valence-electron chi connectivity index (χ1n) is 4.26. The highest BCUT2D eigenvalue weighted by atomic mass is 19.3. The SMILES string of the molecule is Fc1ccc(-n2ccc(C(F)F)n2)cc1. The van der Waals surface area contributed by atoms with E-state index in [9.17, 15) is 13.2 Å². The first-order chi connectivity index (χ1) is 7.16. The minimum Gasteiger partial charge on any atom is -0.241 e. The Morgan fingerprint density at radius 2 is 1.73 bits per heavy atom. The molecule has 0 radical (unpaired) electrons. The summed E-state index contributed by atoms with van der Waals surface area (Å²) in [5.41, 5.74) is 0.252. The highest BCUT2D eigenvalue weighted by Gasteiger charge is 2.10. The molecule has 0 unspecified atom stereocenters. The van der Waals surface area contributed by atoms with Crippen LogP contribution < -0.4 is 0 Å². The van der Waals surface area contributed by atoms with Gasteiger partial charge in [0, 0.05) is 6.20 Å². The van der Waals surface area contributed by atoms with Crippen LogP contribution in [0.5, 0.6) is 0 Å². The zero-order valence-corrected chi connectivity index (χ0v) is 7.57. The Morgan fingerprint density at radius 1 is 1.07 bits per heavy atom. The second-order valence-corrected chi connectivity index (χ2v) is 2.96. The predicted molar refractivity (Wildman–Crippen MR) is 48.5 cm³/mol. The number of rotatable bonds is 2. The van der Waals surface area contributed by atoms with E-state index in [0.29, 0.717) is 5.69 Å². The molecule has 0 aliphatic carbocycles. The van der Waals surface area contributed by atoms with Gasteiger partial charge in [0.15, 0.2) is 0 Å². The van der Waals surface area contributed by atoms with Crippen LogP contribution >= 0.6 is 0 Å². The molecule has 2 aromatic rings. The number of halogens is 3. The zero-order chi connectivity index (χ0) is 10.8. The average molecular weight is 212 g/mol. The Morgan fingerprint density at radius 3 is 2.27 bits per heavy atom. The lowest BCUT2D eigenvalue weighted by molar-refractivity contribution is 0.145. The molecule has 0 N–H and O–H groups in total. The fourth-order valence-corrected chi connectivity index (χ4v) is 1.19. The molecule has 2 rings (SSSR count). The van der Waals surface area contributed by atoms with E-state index in [4.69, 9.17) is 0 Å². The van der Waals surface area contributed by atoms with Crippen LogP contribution in [0.1, 0.15) is 12.1 Å². The quantitative estimate of drug-likeness (QED) is 0.748. The fraction of sp³-hybridized carbons (Fsp3) is 0.100. The number of hydrogen-bond acceptors (Lipinski definition) is 1. The van der Waals surface area contributed by atoms with Crippen LogP contribution in [0.25, 0.3) is 5.69 Å². The van der Waals surface area contributed by atoms with Crippen molar-refractivity contribution >= 4 is 0 Å². The van der Waals surface area contributed by atoms with Gasteiger partial charge in [-0.15, -0.1) is 0 Å². The summed E-state index contributed by atoms with van der Waals surface area (Å²) in [7, 11) is 0. The maximum atomic E-state index is 12.6. The van der Waals surface area contributed by atoms with Crippen LogP contribution in [-0.2, 0) is 0 Å². The molecule has 0 saturated carbocycles. The molecular formula is C10H7F3N2. The van der Waals surface area contributed by atoms with Gasteiger partial charge in [0.1, 0.15) is 11.5 Å². The van der Waals surface area contributed by atoms with Crippen LogP contribution in [0.2, 0.25) is 0 Å². The third-order valence-electron chi connectivity index (χ3n) is 1.92. The maximum Gasteiger partial charge on any atom is 0.282 e. The molecular weight excluding hydrogens is 205 g/mol. The number of nitrogens with zero attached hydrogens (tertiary/aromatic N) is 2. The van der Waals surface area contributed by atoms with Gasteiger partial charge in [-0.05, 0) is 30.3 Å². The molecule has 0 saturated heterocycles.